The molecule has 3 aromatic carbocycles. The number of unbranched alkanes of at least 4 members (excludes halogenated alkanes) is 8. The van der Waals surface area contributed by atoms with Gasteiger partial charge in [-0.15, -0.1) is 0 Å². The molecule has 33 heavy (non-hydrogen) atoms. The van der Waals surface area contributed by atoms with Crippen LogP contribution in [0.4, 0.5) is 0 Å². The lowest BCUT2D eigenvalue weighted by Gasteiger charge is -2.18. The predicted molar refractivity (Wildman–Crippen MR) is 139 cm³/mol. The highest BCUT2D eigenvalue weighted by atomic mass is 16.5. The van der Waals surface area contributed by atoms with E-state index in [-0.39, 0.29) is 0 Å². The van der Waals surface area contributed by atoms with Gasteiger partial charge in [0.25, 0.3) is 0 Å². The zero-order valence-corrected chi connectivity index (χ0v) is 20.5. The van der Waals surface area contributed by atoms with Gasteiger partial charge in [-0.3, -0.25) is 0 Å². The van der Waals surface area contributed by atoms with Crippen molar-refractivity contribution in [1.29, 1.82) is 0 Å². The van der Waals surface area contributed by atoms with E-state index in [9.17, 15) is 0 Å². The van der Waals surface area contributed by atoms with Gasteiger partial charge in [-0.25, -0.2) is 0 Å². The maximum atomic E-state index is 6.40. The summed E-state index contributed by atoms with van der Waals surface area (Å²) in [5, 5.41) is 2.12. The SMILES string of the molecule is CCCCCCCOc1cccc2ccc(Oc3ccccc3)c(OCCCCCCC)c12. The zero-order valence-electron chi connectivity index (χ0n) is 20.5. The number of rotatable bonds is 16. The Morgan fingerprint density at radius 2 is 1.21 bits per heavy atom. The van der Waals surface area contributed by atoms with Crippen LogP contribution in [0.15, 0.2) is 60.7 Å². The minimum atomic E-state index is 0.680. The average molecular weight is 449 g/mol. The third kappa shape index (κ3) is 7.99. The first-order valence-corrected chi connectivity index (χ1v) is 12.9. The normalized spacial score (nSPS) is 11.0. The lowest BCUT2D eigenvalue weighted by Crippen LogP contribution is -2.02. The van der Waals surface area contributed by atoms with E-state index >= 15 is 0 Å². The van der Waals surface area contributed by atoms with E-state index in [0.29, 0.717) is 6.61 Å². The molecule has 3 heteroatoms. The third-order valence-electron chi connectivity index (χ3n) is 5.89. The quantitative estimate of drug-likeness (QED) is 0.204. The van der Waals surface area contributed by atoms with Gasteiger partial charge in [0, 0.05) is 0 Å². The van der Waals surface area contributed by atoms with E-state index in [1.165, 1.54) is 51.4 Å². The highest BCUT2D eigenvalue weighted by Crippen LogP contribution is 2.43. The van der Waals surface area contributed by atoms with Crippen molar-refractivity contribution in [3.63, 3.8) is 0 Å². The van der Waals surface area contributed by atoms with Crippen LogP contribution in [0, 0.1) is 0 Å². The second-order valence-electron chi connectivity index (χ2n) is 8.69. The first-order chi connectivity index (χ1) is 16.3. The van der Waals surface area contributed by atoms with Crippen molar-refractivity contribution in [1.82, 2.24) is 0 Å². The molecule has 0 bridgehead atoms. The van der Waals surface area contributed by atoms with Crippen LogP contribution < -0.4 is 14.2 Å². The van der Waals surface area contributed by atoms with Gasteiger partial charge in [0.1, 0.15) is 11.5 Å². The lowest BCUT2D eigenvalue weighted by molar-refractivity contribution is 0.289. The summed E-state index contributed by atoms with van der Waals surface area (Å²) in [6, 6.07) is 20.2. The molecular weight excluding hydrogens is 408 g/mol. The second-order valence-corrected chi connectivity index (χ2v) is 8.69. The summed E-state index contributed by atoms with van der Waals surface area (Å²) < 4.78 is 18.9. The van der Waals surface area contributed by atoms with Crippen molar-refractivity contribution in [2.24, 2.45) is 0 Å². The predicted octanol–water partition coefficient (Wildman–Crippen LogP) is 9.33. The summed E-state index contributed by atoms with van der Waals surface area (Å²) in [6.45, 7) is 5.89. The Kier molecular flexibility index (Phi) is 10.9. The molecule has 3 rings (SSSR count). The van der Waals surface area contributed by atoms with Crippen LogP contribution in [-0.4, -0.2) is 13.2 Å². The maximum Gasteiger partial charge on any atom is 0.173 e. The summed E-state index contributed by atoms with van der Waals surface area (Å²) in [7, 11) is 0. The monoisotopic (exact) mass is 448 g/mol. The molecule has 0 heterocycles. The molecular formula is C30H40O3. The highest BCUT2D eigenvalue weighted by molar-refractivity contribution is 5.96. The standard InChI is InChI=1S/C30H40O3/c1-3-5-7-9-14-23-31-27-20-16-17-25-21-22-28(33-26-18-12-11-13-19-26)30(29(25)27)32-24-15-10-8-6-4-2/h11-13,16-22H,3-10,14-15,23-24H2,1-2H3. The minimum absolute atomic E-state index is 0.680. The number of hydrogen-bond donors (Lipinski definition) is 0. The largest absolute Gasteiger partial charge is 0.493 e. The van der Waals surface area contributed by atoms with Crippen molar-refractivity contribution in [3.8, 4) is 23.0 Å². The first kappa shape index (κ1) is 25.0. The van der Waals surface area contributed by atoms with Crippen LogP contribution in [0.1, 0.15) is 78.1 Å². The Labute approximate surface area is 200 Å². The molecule has 0 saturated carbocycles. The Bertz CT molecular complexity index is 936. The molecule has 0 aromatic heterocycles. The van der Waals surface area contributed by atoms with Crippen molar-refractivity contribution in [3.05, 3.63) is 60.7 Å². The number of fused-ring (bicyclic) bond motifs is 1. The molecule has 0 fully saturated rings. The maximum absolute atomic E-state index is 6.40. The summed E-state index contributed by atoms with van der Waals surface area (Å²) in [5.74, 6) is 3.20. The molecule has 3 aromatic rings. The van der Waals surface area contributed by atoms with Gasteiger partial charge in [-0.1, -0.05) is 102 Å². The first-order valence-electron chi connectivity index (χ1n) is 12.9. The molecule has 0 saturated heterocycles. The zero-order chi connectivity index (χ0) is 23.1. The third-order valence-corrected chi connectivity index (χ3v) is 5.89. The van der Waals surface area contributed by atoms with E-state index in [1.54, 1.807) is 0 Å². The second kappa shape index (κ2) is 14.5. The number of para-hydroxylation sites is 1. The fourth-order valence-corrected chi connectivity index (χ4v) is 4.02. The van der Waals surface area contributed by atoms with E-state index < -0.39 is 0 Å². The summed E-state index contributed by atoms with van der Waals surface area (Å²) in [5.41, 5.74) is 0. The van der Waals surface area contributed by atoms with Crippen molar-refractivity contribution in [2.45, 2.75) is 78.1 Å². The van der Waals surface area contributed by atoms with Gasteiger partial charge in [-0.2, -0.15) is 0 Å². The molecule has 178 valence electrons. The van der Waals surface area contributed by atoms with Gasteiger partial charge < -0.3 is 14.2 Å². The Balaban J connectivity index is 1.80. The van der Waals surface area contributed by atoms with Gasteiger partial charge in [0.2, 0.25) is 0 Å². The van der Waals surface area contributed by atoms with Crippen LogP contribution in [0.2, 0.25) is 0 Å². The van der Waals surface area contributed by atoms with Gasteiger partial charge in [-0.05, 0) is 42.5 Å². The van der Waals surface area contributed by atoms with Crippen molar-refractivity contribution < 1.29 is 14.2 Å². The van der Waals surface area contributed by atoms with E-state index in [2.05, 4.69) is 38.1 Å². The van der Waals surface area contributed by atoms with Gasteiger partial charge in [0.05, 0.1) is 18.6 Å². The highest BCUT2D eigenvalue weighted by Gasteiger charge is 2.16. The van der Waals surface area contributed by atoms with Crippen LogP contribution in [0.3, 0.4) is 0 Å². The topological polar surface area (TPSA) is 27.7 Å². The summed E-state index contributed by atoms with van der Waals surface area (Å²) in [4.78, 5) is 0. The van der Waals surface area contributed by atoms with E-state index in [4.69, 9.17) is 14.2 Å². The fourth-order valence-electron chi connectivity index (χ4n) is 4.02. The van der Waals surface area contributed by atoms with Crippen LogP contribution in [-0.2, 0) is 0 Å². The van der Waals surface area contributed by atoms with Crippen LogP contribution in [0.5, 0.6) is 23.0 Å². The van der Waals surface area contributed by atoms with E-state index in [0.717, 1.165) is 53.2 Å². The van der Waals surface area contributed by atoms with Gasteiger partial charge >= 0.3 is 0 Å². The van der Waals surface area contributed by atoms with Crippen molar-refractivity contribution in [2.75, 3.05) is 13.2 Å². The van der Waals surface area contributed by atoms with Gasteiger partial charge in [0.15, 0.2) is 11.5 Å². The molecule has 0 aliphatic rings. The molecule has 0 radical (unpaired) electrons. The summed E-state index contributed by atoms with van der Waals surface area (Å²) in [6.07, 6.45) is 12.1. The minimum Gasteiger partial charge on any atom is -0.493 e. The Morgan fingerprint density at radius 1 is 0.545 bits per heavy atom. The number of ether oxygens (including phenoxy) is 3. The molecule has 0 N–H and O–H groups in total. The van der Waals surface area contributed by atoms with Crippen LogP contribution in [0.25, 0.3) is 10.8 Å². The average Bonchev–Trinajstić information content (AvgIpc) is 2.85. The molecule has 0 unspecified atom stereocenters. The Hall–Kier alpha value is -2.68. The lowest BCUT2D eigenvalue weighted by atomic mass is 10.1. The van der Waals surface area contributed by atoms with E-state index in [1.807, 2.05) is 36.4 Å². The number of hydrogen-bond acceptors (Lipinski definition) is 3. The Morgan fingerprint density at radius 3 is 1.91 bits per heavy atom. The fraction of sp³-hybridized carbons (Fsp3) is 0.467. The number of benzene rings is 3. The molecule has 0 atom stereocenters. The van der Waals surface area contributed by atoms with Crippen molar-refractivity contribution >= 4 is 10.8 Å². The van der Waals surface area contributed by atoms with Crippen LogP contribution >= 0.6 is 0 Å². The molecule has 0 aliphatic heterocycles. The molecule has 0 amide bonds. The smallest absolute Gasteiger partial charge is 0.173 e. The molecule has 0 spiro atoms. The molecule has 0 aliphatic carbocycles. The molecule has 3 nitrogen and oxygen atoms in total. The summed E-state index contributed by atoms with van der Waals surface area (Å²) >= 11 is 0.